The molecule has 0 amide bonds. The molecular weight excluding hydrogens is 821 g/mol. The van der Waals surface area contributed by atoms with Gasteiger partial charge in [-0.3, -0.25) is 0 Å². The van der Waals surface area contributed by atoms with Crippen LogP contribution in [-0.4, -0.2) is 9.13 Å². The second-order valence-corrected chi connectivity index (χ2v) is 17.7. The Morgan fingerprint density at radius 1 is 0.191 bits per heavy atom. The fraction of sp³-hybridized carbons (Fsp3) is 0. The molecule has 0 radical (unpaired) electrons. The van der Waals surface area contributed by atoms with E-state index >= 15 is 0 Å². The van der Waals surface area contributed by atoms with Crippen LogP contribution in [0.1, 0.15) is 0 Å². The van der Waals surface area contributed by atoms with Crippen molar-refractivity contribution in [3.8, 4) is 78.1 Å². The monoisotopic (exact) mass is 864 g/mol. The molecule has 0 aliphatic carbocycles. The maximum atomic E-state index is 2.40. The van der Waals surface area contributed by atoms with Crippen molar-refractivity contribution in [2.75, 3.05) is 0 Å². The summed E-state index contributed by atoms with van der Waals surface area (Å²) in [5, 5.41) is 4.99. The third-order valence-corrected chi connectivity index (χ3v) is 13.7. The first kappa shape index (κ1) is 39.4. The van der Waals surface area contributed by atoms with Gasteiger partial charge in [0.05, 0.1) is 22.1 Å². The molecule has 0 saturated carbocycles. The van der Waals surface area contributed by atoms with Crippen LogP contribution in [0.15, 0.2) is 267 Å². The van der Waals surface area contributed by atoms with Gasteiger partial charge < -0.3 is 9.13 Å². The Morgan fingerprint density at radius 2 is 0.515 bits per heavy atom. The summed E-state index contributed by atoms with van der Waals surface area (Å²) < 4.78 is 4.80. The maximum absolute atomic E-state index is 2.40. The zero-order valence-electron chi connectivity index (χ0n) is 37.3. The second-order valence-electron chi connectivity index (χ2n) is 17.7. The molecular formula is C66H44N2. The van der Waals surface area contributed by atoms with Crippen LogP contribution in [0.2, 0.25) is 0 Å². The highest BCUT2D eigenvalue weighted by atomic mass is 15.0. The van der Waals surface area contributed by atoms with Crippen LogP contribution in [0.3, 0.4) is 0 Å². The van der Waals surface area contributed by atoms with Crippen molar-refractivity contribution in [2.24, 2.45) is 0 Å². The van der Waals surface area contributed by atoms with Gasteiger partial charge in [0.1, 0.15) is 0 Å². The Balaban J connectivity index is 0.871. The SMILES string of the molecule is c1ccc(-c2ccc3c(c2)c2cc(-c4cccc(-c5cccc(-c6cccc(-c7ccc8c(c7)c7c(-c9ccccc9)cccc7n8-c7ccccc7)c6)c5)c4)ccc2n3-c2ccccc2)cc1. The fourth-order valence-corrected chi connectivity index (χ4v) is 10.5. The summed E-state index contributed by atoms with van der Waals surface area (Å²) in [6.07, 6.45) is 0. The number of benzene rings is 11. The third-order valence-electron chi connectivity index (χ3n) is 13.7. The average Bonchev–Trinajstić information content (AvgIpc) is 3.94. The first-order valence-corrected chi connectivity index (χ1v) is 23.4. The number of fused-ring (bicyclic) bond motifs is 6. The zero-order valence-corrected chi connectivity index (χ0v) is 37.3. The number of para-hydroxylation sites is 2. The van der Waals surface area contributed by atoms with E-state index in [0.717, 1.165) is 11.4 Å². The Morgan fingerprint density at radius 3 is 0.971 bits per heavy atom. The van der Waals surface area contributed by atoms with Gasteiger partial charge in [-0.25, -0.2) is 0 Å². The summed E-state index contributed by atoms with van der Waals surface area (Å²) >= 11 is 0. The van der Waals surface area contributed by atoms with Crippen LogP contribution < -0.4 is 0 Å². The number of hydrogen-bond acceptors (Lipinski definition) is 0. The highest BCUT2D eigenvalue weighted by Gasteiger charge is 2.18. The molecule has 11 aromatic carbocycles. The van der Waals surface area contributed by atoms with E-state index < -0.39 is 0 Å². The standard InChI is InChI=1S/C66H44N2/c1-5-17-45(18-6-1)53-33-36-62-59(42-53)60-43-54(34-37-63(60)67(62)56-27-9-3-10-28-56)51-25-14-23-49(40-51)47-21-13-22-48(39-47)50-24-15-26-52(41-50)55-35-38-64-61(44-55)66-58(46-19-7-2-8-20-46)31-16-32-65(66)68(64)57-29-11-4-12-30-57/h1-44H. The Labute approximate surface area is 395 Å². The summed E-state index contributed by atoms with van der Waals surface area (Å²) in [5.74, 6) is 0. The lowest BCUT2D eigenvalue weighted by Crippen LogP contribution is -1.93. The van der Waals surface area contributed by atoms with E-state index in [1.54, 1.807) is 0 Å². The summed E-state index contributed by atoms with van der Waals surface area (Å²) in [6, 6.07) is 97.4. The van der Waals surface area contributed by atoms with Gasteiger partial charge in [0.15, 0.2) is 0 Å². The minimum Gasteiger partial charge on any atom is -0.309 e. The summed E-state index contributed by atoms with van der Waals surface area (Å²) in [4.78, 5) is 0. The number of hydrogen-bond donors (Lipinski definition) is 0. The highest BCUT2D eigenvalue weighted by Crippen LogP contribution is 2.42. The van der Waals surface area contributed by atoms with Crippen LogP contribution in [0, 0.1) is 0 Å². The first-order valence-electron chi connectivity index (χ1n) is 23.4. The highest BCUT2D eigenvalue weighted by molar-refractivity contribution is 6.17. The molecule has 0 unspecified atom stereocenters. The van der Waals surface area contributed by atoms with Gasteiger partial charge in [-0.15, -0.1) is 0 Å². The molecule has 2 nitrogen and oxygen atoms in total. The lowest BCUT2D eigenvalue weighted by atomic mass is 9.94. The Bertz CT molecular complexity index is 3990. The summed E-state index contributed by atoms with van der Waals surface area (Å²) in [5.41, 5.74) is 21.5. The lowest BCUT2D eigenvalue weighted by Gasteiger charge is -2.11. The molecule has 0 N–H and O–H groups in total. The van der Waals surface area contributed by atoms with Gasteiger partial charge in [0.2, 0.25) is 0 Å². The van der Waals surface area contributed by atoms with Crippen molar-refractivity contribution in [2.45, 2.75) is 0 Å². The third kappa shape index (κ3) is 6.82. The van der Waals surface area contributed by atoms with E-state index in [1.807, 2.05) is 0 Å². The van der Waals surface area contributed by atoms with Crippen molar-refractivity contribution in [3.63, 3.8) is 0 Å². The Kier molecular flexibility index (Phi) is 9.54. The molecule has 13 rings (SSSR count). The number of rotatable bonds is 8. The topological polar surface area (TPSA) is 9.86 Å². The van der Waals surface area contributed by atoms with Gasteiger partial charge in [-0.2, -0.15) is 0 Å². The minimum atomic E-state index is 1.16. The second kappa shape index (κ2) is 16.5. The molecule has 68 heavy (non-hydrogen) atoms. The van der Waals surface area contributed by atoms with E-state index in [9.17, 15) is 0 Å². The van der Waals surface area contributed by atoms with Gasteiger partial charge in [0.25, 0.3) is 0 Å². The van der Waals surface area contributed by atoms with Crippen LogP contribution in [-0.2, 0) is 0 Å². The normalized spacial score (nSPS) is 11.5. The minimum absolute atomic E-state index is 1.16. The quantitative estimate of drug-likeness (QED) is 0.144. The number of nitrogens with zero attached hydrogens (tertiary/aromatic N) is 2. The van der Waals surface area contributed by atoms with Gasteiger partial charge in [0, 0.05) is 32.9 Å². The molecule has 13 aromatic rings. The first-order chi connectivity index (χ1) is 33.7. The molecule has 0 aliphatic heterocycles. The molecule has 2 heterocycles. The number of aromatic nitrogens is 2. The van der Waals surface area contributed by atoms with Crippen molar-refractivity contribution < 1.29 is 0 Å². The van der Waals surface area contributed by atoms with E-state index in [1.165, 1.54) is 110 Å². The van der Waals surface area contributed by atoms with E-state index in [0.29, 0.717) is 0 Å². The zero-order chi connectivity index (χ0) is 45.0. The fourth-order valence-electron chi connectivity index (χ4n) is 10.5. The molecule has 0 fully saturated rings. The predicted octanol–water partition coefficient (Wildman–Crippen LogP) is 17.9. The molecule has 0 saturated heterocycles. The van der Waals surface area contributed by atoms with E-state index in [-0.39, 0.29) is 0 Å². The molecule has 2 aromatic heterocycles. The van der Waals surface area contributed by atoms with Gasteiger partial charge >= 0.3 is 0 Å². The van der Waals surface area contributed by atoms with Crippen molar-refractivity contribution >= 4 is 43.6 Å². The largest absolute Gasteiger partial charge is 0.309 e. The average molecular weight is 865 g/mol. The molecule has 0 bridgehead atoms. The lowest BCUT2D eigenvalue weighted by molar-refractivity contribution is 1.18. The van der Waals surface area contributed by atoms with Crippen molar-refractivity contribution in [1.82, 2.24) is 9.13 Å². The smallest absolute Gasteiger partial charge is 0.0547 e. The molecule has 0 aliphatic rings. The van der Waals surface area contributed by atoms with Gasteiger partial charge in [-0.05, 0) is 152 Å². The van der Waals surface area contributed by atoms with Crippen LogP contribution >= 0.6 is 0 Å². The maximum Gasteiger partial charge on any atom is 0.0547 e. The molecule has 318 valence electrons. The van der Waals surface area contributed by atoms with Crippen molar-refractivity contribution in [3.05, 3.63) is 267 Å². The van der Waals surface area contributed by atoms with Crippen LogP contribution in [0.5, 0.6) is 0 Å². The summed E-state index contributed by atoms with van der Waals surface area (Å²) in [7, 11) is 0. The van der Waals surface area contributed by atoms with Crippen molar-refractivity contribution in [1.29, 1.82) is 0 Å². The summed E-state index contributed by atoms with van der Waals surface area (Å²) in [6.45, 7) is 0. The Hall–Kier alpha value is -8.98. The molecule has 2 heteroatoms. The van der Waals surface area contributed by atoms with Crippen LogP contribution in [0.4, 0.5) is 0 Å². The molecule has 0 atom stereocenters. The molecule has 0 spiro atoms. The van der Waals surface area contributed by atoms with Gasteiger partial charge in [-0.1, -0.05) is 182 Å². The van der Waals surface area contributed by atoms with Crippen LogP contribution in [0.25, 0.3) is 122 Å². The van der Waals surface area contributed by atoms with E-state index in [2.05, 4.69) is 276 Å². The predicted molar refractivity (Wildman–Crippen MR) is 288 cm³/mol. The van der Waals surface area contributed by atoms with E-state index in [4.69, 9.17) is 0 Å².